The molecule has 10 heteroatoms. The summed E-state index contributed by atoms with van der Waals surface area (Å²) in [5.74, 6) is -5.36. The second-order valence-corrected chi connectivity index (χ2v) is 8.06. The van der Waals surface area contributed by atoms with Crippen LogP contribution in [0.5, 0.6) is 0 Å². The first-order valence-corrected chi connectivity index (χ1v) is 11.1. The van der Waals surface area contributed by atoms with Crippen molar-refractivity contribution in [3.05, 3.63) is 83.9 Å². The number of carbonyl (C=O) groups is 3. The van der Waals surface area contributed by atoms with Crippen LogP contribution >= 0.6 is 0 Å². The molecule has 0 bridgehead atoms. The fourth-order valence-electron chi connectivity index (χ4n) is 3.81. The van der Waals surface area contributed by atoms with Crippen molar-refractivity contribution in [3.8, 4) is 0 Å². The van der Waals surface area contributed by atoms with Gasteiger partial charge in [-0.05, 0) is 24.3 Å². The number of nitrogens with one attached hydrogen (secondary N) is 1. The third kappa shape index (κ3) is 5.65. The lowest BCUT2D eigenvalue weighted by molar-refractivity contribution is -0.119. The van der Waals surface area contributed by atoms with Gasteiger partial charge in [0.05, 0.1) is 17.7 Å². The van der Waals surface area contributed by atoms with Crippen LogP contribution in [0.3, 0.4) is 0 Å². The Morgan fingerprint density at radius 1 is 1.00 bits per heavy atom. The van der Waals surface area contributed by atoms with E-state index in [1.165, 1.54) is 29.2 Å². The monoisotopic (exact) mass is 486 g/mol. The third-order valence-electron chi connectivity index (χ3n) is 5.65. The molecule has 2 aliphatic rings. The van der Waals surface area contributed by atoms with Gasteiger partial charge in [-0.2, -0.15) is 8.78 Å². The Morgan fingerprint density at radius 2 is 1.63 bits per heavy atom. The highest BCUT2D eigenvalue weighted by molar-refractivity contribution is 5.90. The van der Waals surface area contributed by atoms with Gasteiger partial charge < -0.3 is 24.4 Å². The third-order valence-corrected chi connectivity index (χ3v) is 5.65. The lowest BCUT2D eigenvalue weighted by atomic mass is 10.1. The summed E-state index contributed by atoms with van der Waals surface area (Å²) in [6, 6.07) is 15.2. The molecule has 0 aliphatic carbocycles. The molecule has 2 heterocycles. The highest BCUT2D eigenvalue weighted by atomic mass is 19.3. The maximum atomic E-state index is 15.5. The lowest BCUT2D eigenvalue weighted by Crippen LogP contribution is -2.50. The van der Waals surface area contributed by atoms with E-state index < -0.39 is 55.4 Å². The first kappa shape index (κ1) is 24.3. The zero-order chi connectivity index (χ0) is 24.8. The largest absolute Gasteiger partial charge is 0.459 e. The fraction of sp³-hybridized carbons (Fsp3) is 0.320. The Balaban J connectivity index is 1.52. The highest BCUT2D eigenvalue weighted by Crippen LogP contribution is 2.39. The molecule has 0 spiro atoms. The van der Waals surface area contributed by atoms with Crippen LogP contribution in [-0.4, -0.2) is 73.3 Å². The topological polar surface area (TPSA) is 94.2 Å². The minimum Gasteiger partial charge on any atom is -0.459 e. The van der Waals surface area contributed by atoms with E-state index in [1.54, 1.807) is 48.6 Å². The van der Waals surface area contributed by atoms with Crippen molar-refractivity contribution in [2.45, 2.75) is 24.2 Å². The van der Waals surface area contributed by atoms with Crippen LogP contribution in [-0.2, 0) is 14.2 Å². The van der Waals surface area contributed by atoms with Crippen molar-refractivity contribution in [1.29, 1.82) is 0 Å². The van der Waals surface area contributed by atoms with Crippen molar-refractivity contribution in [2.24, 2.45) is 0 Å². The van der Waals surface area contributed by atoms with Crippen LogP contribution in [0.1, 0.15) is 20.7 Å². The summed E-state index contributed by atoms with van der Waals surface area (Å²) in [7, 11) is 0. The van der Waals surface area contributed by atoms with Crippen molar-refractivity contribution >= 4 is 18.0 Å². The quantitative estimate of drug-likeness (QED) is 0.478. The minimum absolute atomic E-state index is 0.0869. The average molecular weight is 486 g/mol. The van der Waals surface area contributed by atoms with Crippen molar-refractivity contribution in [3.63, 3.8) is 0 Å². The number of hydrogen-bond acceptors (Lipinski definition) is 6. The molecule has 3 atom stereocenters. The standard InChI is InChI=1S/C25H24F2N2O6/c26-25(27)20(15-29-14-8-7-13-28-24(29)32)34-19(16-33-22(30)17-9-3-1-4-10-17)21(25)35-23(31)18-11-5-2-6-12-18/h1-12,19-21H,13-16H2,(H,28,32)/t19-,20?,21-/m1/s1. The number of carbonyl (C=O) groups excluding carboxylic acids is 3. The Bertz CT molecular complexity index is 1080. The summed E-state index contributed by atoms with van der Waals surface area (Å²) in [5, 5.41) is 2.58. The molecule has 0 saturated carbocycles. The maximum Gasteiger partial charge on any atom is 0.338 e. The molecule has 1 saturated heterocycles. The van der Waals surface area contributed by atoms with Crippen LogP contribution < -0.4 is 5.32 Å². The van der Waals surface area contributed by atoms with E-state index in [0.29, 0.717) is 0 Å². The first-order valence-electron chi connectivity index (χ1n) is 11.1. The summed E-state index contributed by atoms with van der Waals surface area (Å²) < 4.78 is 47.0. The molecular formula is C25H24F2N2O6. The number of benzene rings is 2. The van der Waals surface area contributed by atoms with E-state index in [2.05, 4.69) is 5.32 Å². The molecule has 1 unspecified atom stereocenters. The van der Waals surface area contributed by atoms with E-state index in [1.807, 2.05) is 0 Å². The van der Waals surface area contributed by atoms with E-state index >= 15 is 8.78 Å². The van der Waals surface area contributed by atoms with E-state index in [0.717, 1.165) is 0 Å². The second-order valence-electron chi connectivity index (χ2n) is 8.06. The van der Waals surface area contributed by atoms with Gasteiger partial charge in [0.1, 0.15) is 18.8 Å². The number of urea groups is 1. The average Bonchev–Trinajstić information content (AvgIpc) is 2.98. The number of alkyl halides is 2. The number of ether oxygens (including phenoxy) is 3. The van der Waals surface area contributed by atoms with Crippen molar-refractivity contribution in [2.75, 3.05) is 26.2 Å². The maximum absolute atomic E-state index is 15.5. The van der Waals surface area contributed by atoms with Crippen LogP contribution in [0.25, 0.3) is 0 Å². The van der Waals surface area contributed by atoms with Gasteiger partial charge in [-0.15, -0.1) is 0 Å². The summed E-state index contributed by atoms with van der Waals surface area (Å²) >= 11 is 0. The molecule has 2 aromatic rings. The van der Waals surface area contributed by atoms with Gasteiger partial charge in [-0.3, -0.25) is 0 Å². The second kappa shape index (κ2) is 10.6. The molecule has 35 heavy (non-hydrogen) atoms. The van der Waals surface area contributed by atoms with Gasteiger partial charge in [0.25, 0.3) is 0 Å². The van der Waals surface area contributed by atoms with E-state index in [-0.39, 0.29) is 24.2 Å². The number of nitrogens with zero attached hydrogens (tertiary/aromatic N) is 1. The van der Waals surface area contributed by atoms with Crippen LogP contribution in [0.2, 0.25) is 0 Å². The first-order chi connectivity index (χ1) is 16.9. The highest BCUT2D eigenvalue weighted by Gasteiger charge is 2.62. The smallest absolute Gasteiger partial charge is 0.338 e. The number of halogens is 2. The van der Waals surface area contributed by atoms with Crippen molar-refractivity contribution < 1.29 is 37.4 Å². The molecular weight excluding hydrogens is 462 g/mol. The normalized spacial score (nSPS) is 23.3. The zero-order valence-electron chi connectivity index (χ0n) is 18.6. The van der Waals surface area contributed by atoms with Gasteiger partial charge in [-0.1, -0.05) is 48.6 Å². The Hall–Kier alpha value is -3.79. The van der Waals surface area contributed by atoms with Gasteiger partial charge in [0.15, 0.2) is 6.10 Å². The molecule has 4 rings (SSSR count). The molecule has 1 fully saturated rings. The van der Waals surface area contributed by atoms with Crippen LogP contribution in [0.4, 0.5) is 13.6 Å². The SMILES string of the molecule is O=C(OC[C@H]1OC(CN2CC=CCNC2=O)C(F)(F)[C@@H]1OC(=O)c1ccccc1)c1ccccc1. The summed E-state index contributed by atoms with van der Waals surface area (Å²) in [6.45, 7) is -0.624. The van der Waals surface area contributed by atoms with Crippen LogP contribution in [0.15, 0.2) is 72.8 Å². The fourth-order valence-corrected chi connectivity index (χ4v) is 3.81. The van der Waals surface area contributed by atoms with Gasteiger partial charge >= 0.3 is 23.9 Å². The van der Waals surface area contributed by atoms with Gasteiger partial charge in [0.2, 0.25) is 0 Å². The van der Waals surface area contributed by atoms with Crippen molar-refractivity contribution in [1.82, 2.24) is 10.2 Å². The predicted molar refractivity (Wildman–Crippen MR) is 120 cm³/mol. The lowest BCUT2D eigenvalue weighted by Gasteiger charge is -2.27. The zero-order valence-corrected chi connectivity index (χ0v) is 18.6. The molecule has 2 aliphatic heterocycles. The number of rotatable bonds is 7. The Morgan fingerprint density at radius 3 is 2.29 bits per heavy atom. The van der Waals surface area contributed by atoms with E-state index in [9.17, 15) is 14.4 Å². The predicted octanol–water partition coefficient (Wildman–Crippen LogP) is 3.05. The Labute approximate surface area is 200 Å². The summed E-state index contributed by atoms with van der Waals surface area (Å²) in [5.41, 5.74) is 0.323. The molecule has 184 valence electrons. The Kier molecular flexibility index (Phi) is 7.40. The van der Waals surface area contributed by atoms with E-state index in [4.69, 9.17) is 14.2 Å². The van der Waals surface area contributed by atoms with Gasteiger partial charge in [-0.25, -0.2) is 14.4 Å². The van der Waals surface area contributed by atoms with Gasteiger partial charge in [0, 0.05) is 13.1 Å². The molecule has 2 aromatic carbocycles. The molecule has 1 N–H and O–H groups in total. The van der Waals surface area contributed by atoms with Crippen LogP contribution in [0, 0.1) is 0 Å². The molecule has 8 nitrogen and oxygen atoms in total. The minimum atomic E-state index is -3.66. The number of esters is 2. The number of hydrogen-bond donors (Lipinski definition) is 1. The summed E-state index contributed by atoms with van der Waals surface area (Å²) in [4.78, 5) is 38.3. The molecule has 0 aromatic heterocycles. The summed E-state index contributed by atoms with van der Waals surface area (Å²) in [6.07, 6.45) is -1.87. The number of amides is 2. The molecule has 2 amide bonds. The molecule has 0 radical (unpaired) electrons.